The lowest BCUT2D eigenvalue weighted by molar-refractivity contribution is 0.0760. The molecule has 1 fully saturated rings. The molecule has 2 aromatic rings. The first kappa shape index (κ1) is 14.9. The van der Waals surface area contributed by atoms with Crippen molar-refractivity contribution in [3.63, 3.8) is 0 Å². The molecule has 1 amide bonds. The molecule has 0 saturated carbocycles. The van der Waals surface area contributed by atoms with Gasteiger partial charge in [-0.1, -0.05) is 6.92 Å². The van der Waals surface area contributed by atoms with Crippen LogP contribution in [-0.2, 0) is 13.0 Å². The molecule has 0 radical (unpaired) electrons. The summed E-state index contributed by atoms with van der Waals surface area (Å²) < 4.78 is 10.8. The van der Waals surface area contributed by atoms with Gasteiger partial charge in [0.1, 0.15) is 17.8 Å². The maximum Gasteiger partial charge on any atom is 0.257 e. The lowest BCUT2D eigenvalue weighted by Gasteiger charge is -2.21. The lowest BCUT2D eigenvalue weighted by atomic mass is 10.3. The van der Waals surface area contributed by atoms with Crippen LogP contribution in [-0.4, -0.2) is 41.9 Å². The maximum atomic E-state index is 12.3. The minimum absolute atomic E-state index is 0.0573. The summed E-state index contributed by atoms with van der Waals surface area (Å²) in [7, 11) is 0. The van der Waals surface area contributed by atoms with E-state index in [0.717, 1.165) is 57.1 Å². The average molecular weight is 302 g/mol. The Hall–Kier alpha value is -2.01. The van der Waals surface area contributed by atoms with E-state index in [2.05, 4.69) is 17.9 Å². The van der Waals surface area contributed by atoms with Crippen LogP contribution in [0.2, 0.25) is 0 Å². The van der Waals surface area contributed by atoms with E-state index >= 15 is 0 Å². The van der Waals surface area contributed by atoms with E-state index in [1.807, 2.05) is 11.0 Å². The van der Waals surface area contributed by atoms with Crippen LogP contribution in [0.1, 0.15) is 35.2 Å². The Morgan fingerprint density at radius 2 is 2.00 bits per heavy atom. The van der Waals surface area contributed by atoms with Gasteiger partial charge in [0, 0.05) is 32.6 Å². The summed E-state index contributed by atoms with van der Waals surface area (Å²) >= 11 is 0. The molecular formula is C17H22N2O3. The Kier molecular flexibility index (Phi) is 4.63. The normalized spacial score (nSPS) is 16.7. The summed E-state index contributed by atoms with van der Waals surface area (Å²) in [6.45, 7) is 6.29. The summed E-state index contributed by atoms with van der Waals surface area (Å²) in [5.74, 6) is 2.09. The number of furan rings is 2. The zero-order chi connectivity index (χ0) is 15.4. The molecule has 1 aliphatic heterocycles. The van der Waals surface area contributed by atoms with Crippen LogP contribution in [0.5, 0.6) is 0 Å². The Bertz CT molecular complexity index is 603. The van der Waals surface area contributed by atoms with Crippen LogP contribution in [0.3, 0.4) is 0 Å². The fourth-order valence-corrected chi connectivity index (χ4v) is 2.82. The highest BCUT2D eigenvalue weighted by molar-refractivity contribution is 5.93. The standard InChI is InChI=1S/C17H22N2O3/c1-2-15-4-5-16(22-15)12-18-7-3-8-19(10-9-18)17(20)14-6-11-21-13-14/h4-6,11,13H,2-3,7-10,12H2,1H3. The van der Waals surface area contributed by atoms with Crippen molar-refractivity contribution in [3.8, 4) is 0 Å². The van der Waals surface area contributed by atoms with Crippen LogP contribution in [0, 0.1) is 0 Å². The molecule has 118 valence electrons. The molecule has 1 saturated heterocycles. The summed E-state index contributed by atoms with van der Waals surface area (Å²) in [4.78, 5) is 16.6. The summed E-state index contributed by atoms with van der Waals surface area (Å²) in [6.07, 6.45) is 4.96. The number of amides is 1. The Morgan fingerprint density at radius 3 is 2.73 bits per heavy atom. The fourth-order valence-electron chi connectivity index (χ4n) is 2.82. The van der Waals surface area contributed by atoms with Crippen molar-refractivity contribution in [2.75, 3.05) is 26.2 Å². The number of carbonyl (C=O) groups excluding carboxylic acids is 1. The van der Waals surface area contributed by atoms with Gasteiger partial charge in [0.15, 0.2) is 0 Å². The molecule has 5 nitrogen and oxygen atoms in total. The molecule has 5 heteroatoms. The number of nitrogens with zero attached hydrogens (tertiary/aromatic N) is 2. The minimum atomic E-state index is 0.0573. The molecule has 0 spiro atoms. The number of carbonyl (C=O) groups is 1. The van der Waals surface area contributed by atoms with E-state index in [1.165, 1.54) is 6.26 Å². The van der Waals surface area contributed by atoms with Crippen LogP contribution in [0.25, 0.3) is 0 Å². The second-order valence-electron chi connectivity index (χ2n) is 5.66. The van der Waals surface area contributed by atoms with Gasteiger partial charge in [0.2, 0.25) is 0 Å². The molecular weight excluding hydrogens is 280 g/mol. The van der Waals surface area contributed by atoms with E-state index in [1.54, 1.807) is 12.3 Å². The number of hydrogen-bond acceptors (Lipinski definition) is 4. The van der Waals surface area contributed by atoms with Crippen LogP contribution >= 0.6 is 0 Å². The first-order chi connectivity index (χ1) is 10.8. The van der Waals surface area contributed by atoms with E-state index in [0.29, 0.717) is 5.56 Å². The number of hydrogen-bond donors (Lipinski definition) is 0. The third kappa shape index (κ3) is 3.42. The van der Waals surface area contributed by atoms with Crippen LogP contribution in [0.15, 0.2) is 39.6 Å². The highest BCUT2D eigenvalue weighted by Crippen LogP contribution is 2.14. The molecule has 0 aromatic carbocycles. The molecule has 22 heavy (non-hydrogen) atoms. The van der Waals surface area contributed by atoms with Gasteiger partial charge in [-0.3, -0.25) is 9.69 Å². The second kappa shape index (κ2) is 6.83. The van der Waals surface area contributed by atoms with E-state index in [4.69, 9.17) is 8.83 Å². The molecule has 0 atom stereocenters. The zero-order valence-corrected chi connectivity index (χ0v) is 13.0. The van der Waals surface area contributed by atoms with Crippen molar-refractivity contribution in [3.05, 3.63) is 47.8 Å². The molecule has 0 unspecified atom stereocenters. The Balaban J connectivity index is 1.56. The fraction of sp³-hybridized carbons (Fsp3) is 0.471. The van der Waals surface area contributed by atoms with E-state index < -0.39 is 0 Å². The third-order valence-electron chi connectivity index (χ3n) is 4.09. The molecule has 0 aliphatic carbocycles. The van der Waals surface area contributed by atoms with Crippen molar-refractivity contribution < 1.29 is 13.6 Å². The summed E-state index contributed by atoms with van der Waals surface area (Å²) in [5, 5.41) is 0. The van der Waals surface area contributed by atoms with E-state index in [-0.39, 0.29) is 5.91 Å². The molecule has 1 aliphatic rings. The second-order valence-corrected chi connectivity index (χ2v) is 5.66. The summed E-state index contributed by atoms with van der Waals surface area (Å²) in [5.41, 5.74) is 0.632. The van der Waals surface area contributed by atoms with Gasteiger partial charge in [-0.25, -0.2) is 0 Å². The molecule has 2 aromatic heterocycles. The van der Waals surface area contributed by atoms with Crippen LogP contribution < -0.4 is 0 Å². The van der Waals surface area contributed by atoms with Gasteiger partial charge in [0.25, 0.3) is 5.91 Å². The number of aryl methyl sites for hydroxylation is 1. The summed E-state index contributed by atoms with van der Waals surface area (Å²) in [6, 6.07) is 5.82. The Labute approximate surface area is 130 Å². The smallest absolute Gasteiger partial charge is 0.257 e. The molecule has 0 bridgehead atoms. The van der Waals surface area contributed by atoms with Crippen molar-refractivity contribution in [2.45, 2.75) is 26.3 Å². The Morgan fingerprint density at radius 1 is 1.14 bits per heavy atom. The zero-order valence-electron chi connectivity index (χ0n) is 13.0. The van der Waals surface area contributed by atoms with Crippen molar-refractivity contribution in [1.29, 1.82) is 0 Å². The molecule has 3 rings (SSSR count). The van der Waals surface area contributed by atoms with Crippen molar-refractivity contribution in [1.82, 2.24) is 9.80 Å². The van der Waals surface area contributed by atoms with Crippen molar-refractivity contribution >= 4 is 5.91 Å². The third-order valence-corrected chi connectivity index (χ3v) is 4.09. The minimum Gasteiger partial charge on any atom is -0.472 e. The highest BCUT2D eigenvalue weighted by atomic mass is 16.3. The predicted octanol–water partition coefficient (Wildman–Crippen LogP) is 2.78. The lowest BCUT2D eigenvalue weighted by Crippen LogP contribution is -2.34. The first-order valence-electron chi connectivity index (χ1n) is 7.87. The van der Waals surface area contributed by atoms with Crippen molar-refractivity contribution in [2.24, 2.45) is 0 Å². The largest absolute Gasteiger partial charge is 0.472 e. The maximum absolute atomic E-state index is 12.3. The average Bonchev–Trinajstić information content (AvgIpc) is 3.16. The molecule has 3 heterocycles. The van der Waals surface area contributed by atoms with Gasteiger partial charge in [-0.15, -0.1) is 0 Å². The quantitative estimate of drug-likeness (QED) is 0.871. The SMILES string of the molecule is CCc1ccc(CN2CCCN(C(=O)c3ccoc3)CC2)o1. The monoisotopic (exact) mass is 302 g/mol. The van der Waals surface area contributed by atoms with Gasteiger partial charge in [0.05, 0.1) is 18.4 Å². The predicted molar refractivity (Wildman–Crippen MR) is 82.6 cm³/mol. The number of rotatable bonds is 4. The first-order valence-corrected chi connectivity index (χ1v) is 7.87. The van der Waals surface area contributed by atoms with Gasteiger partial charge in [-0.2, -0.15) is 0 Å². The van der Waals surface area contributed by atoms with Gasteiger partial charge >= 0.3 is 0 Å². The van der Waals surface area contributed by atoms with Gasteiger partial charge in [-0.05, 0) is 24.6 Å². The van der Waals surface area contributed by atoms with Gasteiger partial charge < -0.3 is 13.7 Å². The van der Waals surface area contributed by atoms with Crippen LogP contribution in [0.4, 0.5) is 0 Å². The topological polar surface area (TPSA) is 49.8 Å². The molecule has 0 N–H and O–H groups in total. The van der Waals surface area contributed by atoms with E-state index in [9.17, 15) is 4.79 Å². The highest BCUT2D eigenvalue weighted by Gasteiger charge is 2.21.